The highest BCUT2D eigenvalue weighted by atomic mass is 35.5. The van der Waals surface area contributed by atoms with Crippen LogP contribution in [0.1, 0.15) is 10.4 Å². The Kier molecular flexibility index (Phi) is 2.83. The quantitative estimate of drug-likeness (QED) is 0.514. The molecule has 0 unspecified atom stereocenters. The third-order valence-corrected chi connectivity index (χ3v) is 1.71. The first-order valence-electron chi connectivity index (χ1n) is 3.42. The van der Waals surface area contributed by atoms with E-state index in [9.17, 15) is 4.79 Å². The van der Waals surface area contributed by atoms with Crippen molar-refractivity contribution in [3.8, 4) is 0 Å². The fraction of sp³-hybridized carbons (Fsp3) is 0.125. The molecule has 0 heterocycles. The van der Waals surface area contributed by atoms with Gasteiger partial charge >= 0.3 is 11.7 Å². The molecule has 0 saturated carbocycles. The second kappa shape index (κ2) is 3.87. The minimum Gasteiger partial charge on any atom is -0.465 e. The number of ether oxygens (including phenoxy) is 1. The molecule has 0 amide bonds. The Morgan fingerprint density at radius 1 is 1.62 bits per heavy atom. The summed E-state index contributed by atoms with van der Waals surface area (Å²) in [6, 6.07) is 4.32. The Morgan fingerprint density at radius 3 is 2.85 bits per heavy atom. The molecular weight excluding hydrogens is 192 g/mol. The van der Waals surface area contributed by atoms with E-state index in [-0.39, 0.29) is 11.3 Å². The van der Waals surface area contributed by atoms with Gasteiger partial charge in [-0.15, -0.1) is 0 Å². The van der Waals surface area contributed by atoms with Gasteiger partial charge in [-0.3, -0.25) is 0 Å². The van der Waals surface area contributed by atoms with E-state index >= 15 is 0 Å². The number of hydrogen-bond donors (Lipinski definition) is 0. The number of benzene rings is 1. The molecule has 0 aliphatic rings. The van der Waals surface area contributed by atoms with Crippen molar-refractivity contribution >= 4 is 23.3 Å². The zero-order chi connectivity index (χ0) is 9.84. The third kappa shape index (κ3) is 1.95. The van der Waals surface area contributed by atoms with Crippen LogP contribution >= 0.6 is 11.6 Å². The van der Waals surface area contributed by atoms with E-state index in [4.69, 9.17) is 17.0 Å². The molecule has 1 aromatic rings. The lowest BCUT2D eigenvalue weighted by atomic mass is 10.2. The highest BCUT2D eigenvalue weighted by Gasteiger charge is 2.21. The van der Waals surface area contributed by atoms with E-state index in [1.54, 1.807) is 0 Å². The highest BCUT2D eigenvalue weighted by Crippen LogP contribution is 2.24. The monoisotopic (exact) mass is 197 g/mol. The molecule has 0 radical (unpaired) electrons. The molecule has 0 bridgehead atoms. The second-order valence-corrected chi connectivity index (χ2v) is 2.69. The van der Waals surface area contributed by atoms with E-state index in [0.717, 1.165) is 0 Å². The average molecular weight is 198 g/mol. The Labute approximate surface area is 79.7 Å². The summed E-state index contributed by atoms with van der Waals surface area (Å²) < 4.78 is 4.47. The van der Waals surface area contributed by atoms with Gasteiger partial charge < -0.3 is 4.74 Å². The highest BCUT2D eigenvalue weighted by molar-refractivity contribution is 6.31. The molecule has 1 aromatic carbocycles. The molecule has 0 fully saturated rings. The lowest BCUT2D eigenvalue weighted by molar-refractivity contribution is 0.0602. The fourth-order valence-corrected chi connectivity index (χ4v) is 1.04. The van der Waals surface area contributed by atoms with Crippen LogP contribution in [0.15, 0.2) is 18.2 Å². The smallest absolute Gasteiger partial charge is 0.401 e. The van der Waals surface area contributed by atoms with Crippen LogP contribution in [0.25, 0.3) is 4.98 Å². The molecule has 1 rings (SSSR count). The predicted octanol–water partition coefficient (Wildman–Crippen LogP) is 2.61. The second-order valence-electron chi connectivity index (χ2n) is 2.25. The number of halogens is 1. The summed E-state index contributed by atoms with van der Waals surface area (Å²) in [6.45, 7) is 0. The number of nitrogens with zero attached hydrogens (tertiary/aromatic N) is 2. The lowest BCUT2D eigenvalue weighted by Crippen LogP contribution is -2.00. The van der Waals surface area contributed by atoms with Crippen molar-refractivity contribution in [3.05, 3.63) is 33.8 Å². The Hall–Kier alpha value is -1.60. The predicted molar refractivity (Wildman–Crippen MR) is 47.5 cm³/mol. The zero-order valence-electron chi connectivity index (χ0n) is 6.82. The first kappa shape index (κ1) is 9.49. The first-order valence-corrected chi connectivity index (χ1v) is 3.80. The van der Waals surface area contributed by atoms with Crippen molar-refractivity contribution in [2.45, 2.75) is 0 Å². The van der Waals surface area contributed by atoms with E-state index < -0.39 is 5.97 Å². The summed E-state index contributed by atoms with van der Waals surface area (Å²) in [5, 5.41) is 8.94. The van der Waals surface area contributed by atoms with Crippen LogP contribution in [-0.4, -0.2) is 13.1 Å². The molecule has 0 spiro atoms. The van der Waals surface area contributed by atoms with Gasteiger partial charge in [-0.05, 0) is 12.1 Å². The number of esters is 1. The van der Waals surface area contributed by atoms with Crippen LogP contribution in [0.5, 0.6) is 0 Å². The zero-order valence-corrected chi connectivity index (χ0v) is 7.58. The lowest BCUT2D eigenvalue weighted by Gasteiger charge is -1.94. The normalized spacial score (nSPS) is 9.00. The first-order chi connectivity index (χ1) is 6.19. The maximum atomic E-state index is 11.1. The Balaban J connectivity index is 3.23. The molecule has 5 heteroatoms. The van der Waals surface area contributed by atoms with Gasteiger partial charge in [-0.2, -0.15) is 0 Å². The number of methoxy groups -OCH3 is 1. The maximum absolute atomic E-state index is 11.1. The summed E-state index contributed by atoms with van der Waals surface area (Å²) in [5.74, 6) is -0.565. The summed E-state index contributed by atoms with van der Waals surface area (Å²) in [7, 11) is 1.25. The van der Waals surface area contributed by atoms with Crippen LogP contribution in [0.2, 0.25) is 5.02 Å². The summed E-state index contributed by atoms with van der Waals surface area (Å²) in [6.07, 6.45) is 0. The molecule has 0 aliphatic carbocycles. The van der Waals surface area contributed by atoms with Crippen molar-refractivity contribution in [1.82, 2.24) is 0 Å². The molecule has 0 aromatic heterocycles. The van der Waals surface area contributed by atoms with Gasteiger partial charge in [0, 0.05) is 5.02 Å². The van der Waals surface area contributed by atoms with Gasteiger partial charge in [-0.25, -0.2) is 4.79 Å². The number of hydrogen-bond acceptors (Lipinski definition) is 3. The SMILES string of the molecule is COC(=O)c1ccc(Cl)cc1[N+]#N. The van der Waals surface area contributed by atoms with E-state index in [1.165, 1.54) is 25.3 Å². The van der Waals surface area contributed by atoms with Gasteiger partial charge in [0.2, 0.25) is 5.39 Å². The summed E-state index contributed by atoms with van der Waals surface area (Å²) in [5.41, 5.74) is 0.272. The molecule has 66 valence electrons. The van der Waals surface area contributed by atoms with Gasteiger partial charge in [0.15, 0.2) is 10.5 Å². The van der Waals surface area contributed by atoms with Crippen LogP contribution in [-0.2, 0) is 4.74 Å². The maximum Gasteiger partial charge on any atom is 0.401 e. The molecule has 0 saturated heterocycles. The fourth-order valence-electron chi connectivity index (χ4n) is 0.870. The molecule has 0 aliphatic heterocycles. The van der Waals surface area contributed by atoms with E-state index in [2.05, 4.69) is 9.71 Å². The largest absolute Gasteiger partial charge is 0.465 e. The average Bonchev–Trinajstić information content (AvgIpc) is 2.16. The van der Waals surface area contributed by atoms with Crippen LogP contribution in [0, 0.1) is 5.39 Å². The van der Waals surface area contributed by atoms with Crippen molar-refractivity contribution in [1.29, 1.82) is 5.39 Å². The standard InChI is InChI=1S/C8H6ClN2O2/c1-13-8(12)6-3-2-5(9)4-7(6)11-10/h2-4H,1H3/q+1. The minimum absolute atomic E-state index is 0.0966. The van der Waals surface area contributed by atoms with Crippen LogP contribution in [0.4, 0.5) is 5.69 Å². The summed E-state index contributed by atoms with van der Waals surface area (Å²) in [4.78, 5) is 14.0. The minimum atomic E-state index is -0.565. The van der Waals surface area contributed by atoms with Gasteiger partial charge in [0.1, 0.15) is 0 Å². The van der Waals surface area contributed by atoms with Gasteiger partial charge in [0.05, 0.1) is 13.2 Å². The molecule has 0 atom stereocenters. The number of diazo groups is 1. The Morgan fingerprint density at radius 2 is 2.31 bits per heavy atom. The van der Waals surface area contributed by atoms with E-state index in [0.29, 0.717) is 5.02 Å². The van der Waals surface area contributed by atoms with Gasteiger partial charge in [-0.1, -0.05) is 11.6 Å². The molecular formula is C8H6ClN2O2+. The van der Waals surface area contributed by atoms with Crippen LogP contribution < -0.4 is 0 Å². The van der Waals surface area contributed by atoms with Crippen molar-refractivity contribution < 1.29 is 9.53 Å². The van der Waals surface area contributed by atoms with E-state index in [1.807, 2.05) is 0 Å². The number of rotatable bonds is 1. The molecule has 13 heavy (non-hydrogen) atoms. The summed E-state index contributed by atoms with van der Waals surface area (Å²) >= 11 is 5.62. The Bertz CT molecular complexity index is 384. The van der Waals surface area contributed by atoms with Gasteiger partial charge in [0.25, 0.3) is 0 Å². The van der Waals surface area contributed by atoms with Crippen molar-refractivity contribution in [3.63, 3.8) is 0 Å². The third-order valence-electron chi connectivity index (χ3n) is 1.47. The topological polar surface area (TPSA) is 54.5 Å². The van der Waals surface area contributed by atoms with Crippen LogP contribution in [0.3, 0.4) is 0 Å². The molecule has 0 N–H and O–H groups in total. The van der Waals surface area contributed by atoms with Crippen molar-refractivity contribution in [2.75, 3.05) is 7.11 Å². The molecule has 4 nitrogen and oxygen atoms in total. The number of carbonyl (C=O) groups is 1. The number of carbonyl (C=O) groups excluding carboxylic acids is 1. The van der Waals surface area contributed by atoms with Crippen molar-refractivity contribution in [2.24, 2.45) is 0 Å².